The minimum atomic E-state index is -0.502. The van der Waals surface area contributed by atoms with Crippen LogP contribution in [0.15, 0.2) is 40.8 Å². The van der Waals surface area contributed by atoms with Crippen LogP contribution in [0.3, 0.4) is 0 Å². The predicted molar refractivity (Wildman–Crippen MR) is 142 cm³/mol. The zero-order valence-corrected chi connectivity index (χ0v) is 21.3. The first-order valence-electron chi connectivity index (χ1n) is 10.5. The first-order valence-corrected chi connectivity index (χ1v) is 12.5. The lowest BCUT2D eigenvalue weighted by Crippen LogP contribution is -2.33. The third-order valence-corrected chi connectivity index (χ3v) is 7.37. The molecular weight excluding hydrogens is 513 g/mol. The van der Waals surface area contributed by atoms with Crippen molar-refractivity contribution in [3.8, 4) is 11.3 Å². The second-order valence-corrected chi connectivity index (χ2v) is 10.4. The third kappa shape index (κ3) is 5.52. The number of anilines is 1. The first-order chi connectivity index (χ1) is 16.2. The predicted octanol–water partition coefficient (Wildman–Crippen LogP) is 6.07. The summed E-state index contributed by atoms with van der Waals surface area (Å²) in [7, 11) is 0. The normalized spacial score (nSPS) is 15.2. The van der Waals surface area contributed by atoms with Crippen LogP contribution in [0.5, 0.6) is 0 Å². The molecule has 10 heteroatoms. The molecule has 0 spiro atoms. The van der Waals surface area contributed by atoms with E-state index in [9.17, 15) is 9.59 Å². The molecule has 2 amide bonds. The highest BCUT2D eigenvalue weighted by Crippen LogP contribution is 2.39. The highest BCUT2D eigenvalue weighted by molar-refractivity contribution is 7.80. The minimum absolute atomic E-state index is 0.0804. The van der Waals surface area contributed by atoms with Crippen LogP contribution >= 0.6 is 46.8 Å². The van der Waals surface area contributed by atoms with Crippen LogP contribution in [0.1, 0.15) is 39.9 Å². The van der Waals surface area contributed by atoms with E-state index in [1.54, 1.807) is 30.3 Å². The van der Waals surface area contributed by atoms with Crippen molar-refractivity contribution < 1.29 is 14.0 Å². The van der Waals surface area contributed by atoms with Gasteiger partial charge in [0.25, 0.3) is 5.91 Å². The monoisotopic (exact) mass is 533 g/mol. The average Bonchev–Trinajstić information content (AvgIpc) is 3.36. The highest BCUT2D eigenvalue weighted by Gasteiger charge is 2.26. The van der Waals surface area contributed by atoms with Gasteiger partial charge in [-0.25, -0.2) is 0 Å². The standard InChI is InChI=1S/C24H21Cl2N3O3S2/c1-12-2-6-16-19(10-12)34-23(21(16)22(27)31)29-24(33)28-20(30)9-5-14-4-8-18(32-14)15-7-3-13(25)11-17(15)26/h3-5,7-9,11-12H,2,6,10H2,1H3,(H2,27,31)(H2,28,29,30,33)/b9-5+. The molecule has 0 saturated heterocycles. The van der Waals surface area contributed by atoms with Crippen LogP contribution in [-0.4, -0.2) is 16.9 Å². The fourth-order valence-electron chi connectivity index (χ4n) is 3.82. The molecule has 0 radical (unpaired) electrons. The second-order valence-electron chi connectivity index (χ2n) is 8.02. The molecule has 6 nitrogen and oxygen atoms in total. The molecule has 2 aromatic heterocycles. The number of halogens is 2. The number of thiocarbonyl (C=S) groups is 1. The quantitative estimate of drug-likeness (QED) is 0.273. The number of carbonyl (C=O) groups is 2. The van der Waals surface area contributed by atoms with Crippen LogP contribution in [0.4, 0.5) is 5.00 Å². The summed E-state index contributed by atoms with van der Waals surface area (Å²) in [5, 5.41) is 7.18. The second kappa shape index (κ2) is 10.3. The zero-order chi connectivity index (χ0) is 24.4. The van der Waals surface area contributed by atoms with Crippen molar-refractivity contribution >= 4 is 74.8 Å². The third-order valence-electron chi connectivity index (χ3n) is 5.44. The molecule has 0 aliphatic heterocycles. The number of thiophene rings is 1. The number of hydrogen-bond donors (Lipinski definition) is 3. The maximum Gasteiger partial charge on any atom is 0.251 e. The molecule has 2 heterocycles. The number of carbonyl (C=O) groups excluding carboxylic acids is 2. The summed E-state index contributed by atoms with van der Waals surface area (Å²) in [6.07, 6.45) is 5.53. The molecule has 1 unspecified atom stereocenters. The van der Waals surface area contributed by atoms with Crippen molar-refractivity contribution in [3.05, 3.63) is 68.2 Å². The van der Waals surface area contributed by atoms with Crippen molar-refractivity contribution in [1.82, 2.24) is 5.32 Å². The number of rotatable bonds is 5. The van der Waals surface area contributed by atoms with E-state index in [2.05, 4.69) is 17.6 Å². The van der Waals surface area contributed by atoms with Gasteiger partial charge in [-0.15, -0.1) is 11.3 Å². The van der Waals surface area contributed by atoms with Gasteiger partial charge in [0.05, 0.1) is 10.6 Å². The van der Waals surface area contributed by atoms with Gasteiger partial charge in [0.1, 0.15) is 16.5 Å². The lowest BCUT2D eigenvalue weighted by atomic mass is 9.88. The summed E-state index contributed by atoms with van der Waals surface area (Å²) >= 11 is 18.9. The Morgan fingerprint density at radius 3 is 2.79 bits per heavy atom. The molecule has 3 aromatic rings. The van der Waals surface area contributed by atoms with Gasteiger partial charge in [-0.3, -0.25) is 14.9 Å². The van der Waals surface area contributed by atoms with E-state index in [4.69, 9.17) is 45.6 Å². The lowest BCUT2D eigenvalue weighted by molar-refractivity contribution is -0.115. The molecule has 1 aromatic carbocycles. The van der Waals surface area contributed by atoms with Gasteiger partial charge in [0, 0.05) is 21.5 Å². The number of nitrogens with one attached hydrogen (secondary N) is 2. The Kier molecular flexibility index (Phi) is 7.42. The van der Waals surface area contributed by atoms with Crippen molar-refractivity contribution in [2.45, 2.75) is 26.2 Å². The zero-order valence-electron chi connectivity index (χ0n) is 18.1. The molecule has 0 fully saturated rings. The van der Waals surface area contributed by atoms with Gasteiger partial charge < -0.3 is 15.5 Å². The van der Waals surface area contributed by atoms with Crippen LogP contribution in [-0.2, 0) is 17.6 Å². The molecule has 4 rings (SSSR count). The summed E-state index contributed by atoms with van der Waals surface area (Å²) in [6, 6.07) is 8.58. The van der Waals surface area contributed by atoms with Gasteiger partial charge >= 0.3 is 0 Å². The van der Waals surface area contributed by atoms with Crippen molar-refractivity contribution in [1.29, 1.82) is 0 Å². The van der Waals surface area contributed by atoms with E-state index in [0.29, 0.717) is 43.6 Å². The Morgan fingerprint density at radius 2 is 2.06 bits per heavy atom. The summed E-state index contributed by atoms with van der Waals surface area (Å²) < 4.78 is 5.75. The lowest BCUT2D eigenvalue weighted by Gasteiger charge is -2.18. The Bertz CT molecular complexity index is 1310. The van der Waals surface area contributed by atoms with Gasteiger partial charge in [0.2, 0.25) is 5.91 Å². The first kappa shape index (κ1) is 24.5. The van der Waals surface area contributed by atoms with Crippen LogP contribution in [0.25, 0.3) is 17.4 Å². The van der Waals surface area contributed by atoms with E-state index in [1.165, 1.54) is 23.5 Å². The molecule has 176 valence electrons. The highest BCUT2D eigenvalue weighted by atomic mass is 35.5. The molecule has 1 aliphatic rings. The van der Waals surface area contributed by atoms with Gasteiger partial charge in [0.15, 0.2) is 5.11 Å². The Morgan fingerprint density at radius 1 is 1.26 bits per heavy atom. The number of amides is 2. The molecular formula is C24H21Cl2N3O3S2. The minimum Gasteiger partial charge on any atom is -0.457 e. The van der Waals surface area contributed by atoms with Gasteiger partial charge in [-0.1, -0.05) is 30.1 Å². The number of benzene rings is 1. The number of hydrogen-bond acceptors (Lipinski definition) is 5. The number of fused-ring (bicyclic) bond motifs is 1. The maximum atomic E-state index is 12.4. The molecule has 0 saturated carbocycles. The van der Waals surface area contributed by atoms with E-state index in [-0.39, 0.29) is 5.11 Å². The van der Waals surface area contributed by atoms with Gasteiger partial charge in [-0.05, 0) is 79.4 Å². The summed E-state index contributed by atoms with van der Waals surface area (Å²) in [6.45, 7) is 2.18. The van der Waals surface area contributed by atoms with Crippen molar-refractivity contribution in [3.63, 3.8) is 0 Å². The van der Waals surface area contributed by atoms with Crippen LogP contribution in [0, 0.1) is 5.92 Å². The van der Waals surface area contributed by atoms with E-state index >= 15 is 0 Å². The molecule has 4 N–H and O–H groups in total. The van der Waals surface area contributed by atoms with E-state index in [0.717, 1.165) is 29.7 Å². The van der Waals surface area contributed by atoms with E-state index in [1.807, 2.05) is 0 Å². The topological polar surface area (TPSA) is 97.4 Å². The number of nitrogens with two attached hydrogens (primary N) is 1. The number of furan rings is 1. The van der Waals surface area contributed by atoms with E-state index < -0.39 is 11.8 Å². The SMILES string of the molecule is CC1CCc2c(sc(NC(=S)NC(=O)/C=C/c3ccc(-c4ccc(Cl)cc4Cl)o3)c2C(N)=O)C1. The molecule has 1 atom stereocenters. The van der Waals surface area contributed by atoms with Crippen LogP contribution < -0.4 is 16.4 Å². The summed E-state index contributed by atoms with van der Waals surface area (Å²) in [4.78, 5) is 25.6. The summed E-state index contributed by atoms with van der Waals surface area (Å²) in [5.74, 6) is 0.614. The fraction of sp³-hybridized carbons (Fsp3) is 0.208. The largest absolute Gasteiger partial charge is 0.457 e. The smallest absolute Gasteiger partial charge is 0.251 e. The molecule has 1 aliphatic carbocycles. The fourth-order valence-corrected chi connectivity index (χ4v) is 6.01. The van der Waals surface area contributed by atoms with Gasteiger partial charge in [-0.2, -0.15) is 0 Å². The maximum absolute atomic E-state index is 12.4. The molecule has 0 bridgehead atoms. The summed E-state index contributed by atoms with van der Waals surface area (Å²) in [5.41, 5.74) is 7.77. The Labute approximate surface area is 216 Å². The van der Waals surface area contributed by atoms with Crippen molar-refractivity contribution in [2.24, 2.45) is 11.7 Å². The Hall–Kier alpha value is -2.65. The average molecular weight is 534 g/mol. The van der Waals surface area contributed by atoms with Crippen LogP contribution in [0.2, 0.25) is 10.0 Å². The number of primary amides is 1. The Balaban J connectivity index is 1.40. The molecule has 34 heavy (non-hydrogen) atoms. The van der Waals surface area contributed by atoms with Crippen molar-refractivity contribution in [2.75, 3.05) is 5.32 Å².